The van der Waals surface area contributed by atoms with Crippen molar-refractivity contribution in [1.82, 2.24) is 24.4 Å². The molecule has 1 N–H and O–H groups in total. The lowest BCUT2D eigenvalue weighted by Crippen LogP contribution is -2.20. The lowest BCUT2D eigenvalue weighted by Gasteiger charge is -2.16. The van der Waals surface area contributed by atoms with Crippen LogP contribution >= 0.6 is 11.6 Å². The molecular formula is C26H23ClN6O. The fourth-order valence-electron chi connectivity index (χ4n) is 4.09. The Kier molecular flexibility index (Phi) is 5.86. The van der Waals surface area contributed by atoms with E-state index in [1.807, 2.05) is 85.6 Å². The molecule has 0 fully saturated rings. The molecule has 0 aliphatic heterocycles. The molecule has 0 saturated heterocycles. The predicted molar refractivity (Wildman–Crippen MR) is 134 cm³/mol. The van der Waals surface area contributed by atoms with Crippen LogP contribution in [0.3, 0.4) is 0 Å². The van der Waals surface area contributed by atoms with E-state index in [0.717, 1.165) is 39.2 Å². The molecule has 1 amide bonds. The van der Waals surface area contributed by atoms with Gasteiger partial charge in [-0.3, -0.25) is 9.48 Å². The van der Waals surface area contributed by atoms with Gasteiger partial charge in [-0.05, 0) is 42.3 Å². The summed E-state index contributed by atoms with van der Waals surface area (Å²) < 4.78 is 3.59. The predicted octanol–water partition coefficient (Wildman–Crippen LogP) is 5.58. The number of hydrogen-bond acceptors (Lipinski definition) is 4. The number of benzene rings is 2. The van der Waals surface area contributed by atoms with Gasteiger partial charge >= 0.3 is 0 Å². The summed E-state index contributed by atoms with van der Waals surface area (Å²) in [5, 5.41) is 12.3. The van der Waals surface area contributed by atoms with Gasteiger partial charge < -0.3 is 5.32 Å². The second-order valence-electron chi connectivity index (χ2n) is 8.15. The molecule has 3 heterocycles. The van der Waals surface area contributed by atoms with E-state index in [-0.39, 0.29) is 11.8 Å². The SMILES string of the molecule is CCC(C(=O)Nc1ccc(-c2ncnn3cc(-c4cnn(C)c4)cc23)cc1)c1ccc(Cl)cc1. The third-order valence-corrected chi connectivity index (χ3v) is 6.12. The van der Waals surface area contributed by atoms with E-state index < -0.39 is 0 Å². The topological polar surface area (TPSA) is 77.1 Å². The largest absolute Gasteiger partial charge is 0.326 e. The van der Waals surface area contributed by atoms with Crippen molar-refractivity contribution in [2.24, 2.45) is 7.05 Å². The molecule has 1 unspecified atom stereocenters. The molecule has 0 saturated carbocycles. The molecule has 8 heteroatoms. The van der Waals surface area contributed by atoms with Gasteiger partial charge in [0.25, 0.3) is 0 Å². The minimum absolute atomic E-state index is 0.0466. The van der Waals surface area contributed by atoms with Crippen LogP contribution in [0.1, 0.15) is 24.8 Å². The summed E-state index contributed by atoms with van der Waals surface area (Å²) in [4.78, 5) is 17.4. The first-order valence-electron chi connectivity index (χ1n) is 11.0. The first kappa shape index (κ1) is 21.9. The summed E-state index contributed by atoms with van der Waals surface area (Å²) >= 11 is 5.99. The van der Waals surface area contributed by atoms with Crippen molar-refractivity contribution in [3.05, 3.63) is 90.1 Å². The molecule has 1 atom stereocenters. The van der Waals surface area contributed by atoms with Crippen molar-refractivity contribution in [3.63, 3.8) is 0 Å². The van der Waals surface area contributed by atoms with E-state index >= 15 is 0 Å². The Hall–Kier alpha value is -3.97. The zero-order valence-electron chi connectivity index (χ0n) is 18.8. The molecule has 0 radical (unpaired) electrons. The van der Waals surface area contributed by atoms with Gasteiger partial charge in [-0.25, -0.2) is 9.50 Å². The van der Waals surface area contributed by atoms with Crippen LogP contribution in [-0.4, -0.2) is 30.3 Å². The van der Waals surface area contributed by atoms with Crippen molar-refractivity contribution < 1.29 is 4.79 Å². The van der Waals surface area contributed by atoms with Crippen LogP contribution < -0.4 is 5.32 Å². The van der Waals surface area contributed by atoms with Gasteiger partial charge in [0.05, 0.1) is 23.3 Å². The van der Waals surface area contributed by atoms with Crippen molar-refractivity contribution >= 4 is 28.7 Å². The second kappa shape index (κ2) is 9.11. The maximum absolute atomic E-state index is 12.9. The van der Waals surface area contributed by atoms with Crippen LogP contribution in [0, 0.1) is 0 Å². The Morgan fingerprint density at radius 3 is 2.44 bits per heavy atom. The second-order valence-corrected chi connectivity index (χ2v) is 8.59. The molecule has 0 spiro atoms. The van der Waals surface area contributed by atoms with Gasteiger partial charge in [0, 0.05) is 46.8 Å². The summed E-state index contributed by atoms with van der Waals surface area (Å²) in [7, 11) is 1.89. The highest BCUT2D eigenvalue weighted by Crippen LogP contribution is 2.29. The lowest BCUT2D eigenvalue weighted by atomic mass is 9.95. The molecule has 0 aliphatic carbocycles. The maximum atomic E-state index is 12.9. The van der Waals surface area contributed by atoms with E-state index in [1.165, 1.54) is 0 Å². The summed E-state index contributed by atoms with van der Waals surface area (Å²) in [5.41, 5.74) is 6.36. The van der Waals surface area contributed by atoms with Gasteiger partial charge in [0.15, 0.2) is 0 Å². The molecule has 2 aromatic carbocycles. The maximum Gasteiger partial charge on any atom is 0.231 e. The van der Waals surface area contributed by atoms with Gasteiger partial charge in [0.1, 0.15) is 6.33 Å². The Labute approximate surface area is 202 Å². The van der Waals surface area contributed by atoms with E-state index in [2.05, 4.69) is 26.6 Å². The van der Waals surface area contributed by atoms with E-state index in [4.69, 9.17) is 11.6 Å². The van der Waals surface area contributed by atoms with Gasteiger partial charge in [-0.15, -0.1) is 0 Å². The Balaban J connectivity index is 1.38. The Morgan fingerprint density at radius 1 is 1.00 bits per heavy atom. The quantitative estimate of drug-likeness (QED) is 0.351. The fourth-order valence-corrected chi connectivity index (χ4v) is 4.21. The van der Waals surface area contributed by atoms with Crippen molar-refractivity contribution in [2.45, 2.75) is 19.3 Å². The minimum Gasteiger partial charge on any atom is -0.326 e. The molecule has 0 bridgehead atoms. The van der Waals surface area contributed by atoms with Crippen LogP contribution in [-0.2, 0) is 11.8 Å². The van der Waals surface area contributed by atoms with Crippen molar-refractivity contribution in [3.8, 4) is 22.4 Å². The number of nitrogens with zero attached hydrogens (tertiary/aromatic N) is 5. The smallest absolute Gasteiger partial charge is 0.231 e. The van der Waals surface area contributed by atoms with Crippen LogP contribution in [0.2, 0.25) is 5.02 Å². The number of anilines is 1. The monoisotopic (exact) mass is 470 g/mol. The minimum atomic E-state index is -0.245. The zero-order valence-corrected chi connectivity index (χ0v) is 19.6. The van der Waals surface area contributed by atoms with Gasteiger partial charge in [0.2, 0.25) is 5.91 Å². The summed E-state index contributed by atoms with van der Waals surface area (Å²) in [6.45, 7) is 2.00. The number of carbonyl (C=O) groups excluding carboxylic acids is 1. The van der Waals surface area contributed by atoms with Crippen LogP contribution in [0.5, 0.6) is 0 Å². The molecule has 3 aromatic heterocycles. The average Bonchev–Trinajstić information content (AvgIpc) is 3.47. The first-order chi connectivity index (χ1) is 16.5. The molecule has 7 nitrogen and oxygen atoms in total. The molecular weight excluding hydrogens is 448 g/mol. The zero-order chi connectivity index (χ0) is 23.7. The molecule has 0 aliphatic rings. The van der Waals surface area contributed by atoms with E-state index in [9.17, 15) is 4.79 Å². The third kappa shape index (κ3) is 4.30. The summed E-state index contributed by atoms with van der Waals surface area (Å²) in [5.74, 6) is -0.292. The van der Waals surface area contributed by atoms with E-state index in [1.54, 1.807) is 11.0 Å². The number of rotatable bonds is 6. The van der Waals surface area contributed by atoms with Crippen molar-refractivity contribution in [1.29, 1.82) is 0 Å². The summed E-state index contributed by atoms with van der Waals surface area (Å²) in [6.07, 6.45) is 7.99. The lowest BCUT2D eigenvalue weighted by molar-refractivity contribution is -0.117. The number of aromatic nitrogens is 5. The standard InChI is InChI=1S/C26H23ClN6O/c1-3-23(17-4-8-21(27)9-5-17)26(34)31-22-10-6-18(7-11-22)25-24-12-19(15-33(24)30-16-28-25)20-13-29-32(2)14-20/h4-16,23H,3H2,1-2H3,(H,31,34). The molecule has 170 valence electrons. The normalized spacial score (nSPS) is 12.1. The summed E-state index contributed by atoms with van der Waals surface area (Å²) in [6, 6.07) is 17.2. The number of hydrogen-bond donors (Lipinski definition) is 1. The van der Waals surface area contributed by atoms with Gasteiger partial charge in [-0.1, -0.05) is 42.8 Å². The van der Waals surface area contributed by atoms with Crippen LogP contribution in [0.15, 0.2) is 79.5 Å². The Bertz CT molecular complexity index is 1450. The number of amides is 1. The number of halogens is 1. The number of carbonyl (C=O) groups is 1. The third-order valence-electron chi connectivity index (χ3n) is 5.87. The molecule has 5 aromatic rings. The number of aryl methyl sites for hydroxylation is 1. The average molecular weight is 471 g/mol. The van der Waals surface area contributed by atoms with Gasteiger partial charge in [-0.2, -0.15) is 10.2 Å². The highest BCUT2D eigenvalue weighted by molar-refractivity contribution is 6.30. The first-order valence-corrected chi connectivity index (χ1v) is 11.4. The highest BCUT2D eigenvalue weighted by Gasteiger charge is 2.19. The van der Waals surface area contributed by atoms with E-state index in [0.29, 0.717) is 11.4 Å². The van der Waals surface area contributed by atoms with Crippen molar-refractivity contribution in [2.75, 3.05) is 5.32 Å². The van der Waals surface area contributed by atoms with Crippen LogP contribution in [0.4, 0.5) is 5.69 Å². The molecule has 5 rings (SSSR count). The number of nitrogens with one attached hydrogen (secondary N) is 1. The number of fused-ring (bicyclic) bond motifs is 1. The molecule has 34 heavy (non-hydrogen) atoms. The highest BCUT2D eigenvalue weighted by atomic mass is 35.5. The van der Waals surface area contributed by atoms with Crippen LogP contribution in [0.25, 0.3) is 27.9 Å². The fraction of sp³-hybridized carbons (Fsp3) is 0.154. The Morgan fingerprint density at radius 2 is 1.76 bits per heavy atom.